The van der Waals surface area contributed by atoms with Gasteiger partial charge in [0.15, 0.2) is 0 Å². The smallest absolute Gasteiger partial charge is 0.337 e. The van der Waals surface area contributed by atoms with Gasteiger partial charge in [-0.1, -0.05) is 24.3 Å². The largest absolute Gasteiger partial charge is 0.416 e. The topological polar surface area (TPSA) is 33.2 Å². The number of benzene rings is 2. The number of pyridine rings is 1. The predicted octanol–water partition coefficient (Wildman–Crippen LogP) is 6.97. The van der Waals surface area contributed by atoms with Crippen LogP contribution in [0.4, 0.5) is 26.3 Å². The van der Waals surface area contributed by atoms with Crippen molar-refractivity contribution >= 4 is 28.5 Å². The zero-order valence-electron chi connectivity index (χ0n) is 17.4. The van der Waals surface area contributed by atoms with Crippen molar-refractivity contribution in [3.05, 3.63) is 86.1 Å². The van der Waals surface area contributed by atoms with Crippen LogP contribution >= 0.6 is 22.6 Å². The molecular formula is C23H17F6IN2O. The average Bonchev–Trinajstić information content (AvgIpc) is 2.72. The monoisotopic (exact) mass is 578 g/mol. The summed E-state index contributed by atoms with van der Waals surface area (Å²) in [6.45, 7) is 1.39. The Labute approximate surface area is 199 Å². The van der Waals surface area contributed by atoms with E-state index in [0.717, 1.165) is 10.5 Å². The Morgan fingerprint density at radius 1 is 0.939 bits per heavy atom. The first-order chi connectivity index (χ1) is 15.3. The van der Waals surface area contributed by atoms with Gasteiger partial charge in [0.25, 0.3) is 5.91 Å². The van der Waals surface area contributed by atoms with Gasteiger partial charge in [0.2, 0.25) is 0 Å². The van der Waals surface area contributed by atoms with Gasteiger partial charge in [-0.3, -0.25) is 4.79 Å². The molecule has 10 heteroatoms. The van der Waals surface area contributed by atoms with E-state index >= 15 is 0 Å². The molecule has 0 saturated heterocycles. The quantitative estimate of drug-likeness (QED) is 0.190. The van der Waals surface area contributed by atoms with Gasteiger partial charge in [0.1, 0.15) is 3.70 Å². The second kappa shape index (κ2) is 9.32. The maximum Gasteiger partial charge on any atom is 0.416 e. The van der Waals surface area contributed by atoms with Gasteiger partial charge >= 0.3 is 12.4 Å². The standard InChI is InChI=1S/C23H17F6IN2O/c1-13-5-3-4-6-17(13)20-18(7-8-19(30)31-20)21(33)32(2)12-14-9-15(22(24,25)26)11-16(10-14)23(27,28)29/h3-11H,12H2,1-2H3. The zero-order valence-corrected chi connectivity index (χ0v) is 19.5. The van der Waals surface area contributed by atoms with E-state index in [0.29, 0.717) is 27.1 Å². The minimum absolute atomic E-state index is 0.0602. The van der Waals surface area contributed by atoms with Crippen molar-refractivity contribution in [2.75, 3.05) is 7.05 Å². The molecule has 0 unspecified atom stereocenters. The van der Waals surface area contributed by atoms with Crippen LogP contribution < -0.4 is 0 Å². The summed E-state index contributed by atoms with van der Waals surface area (Å²) in [4.78, 5) is 18.7. The lowest BCUT2D eigenvalue weighted by molar-refractivity contribution is -0.143. The van der Waals surface area contributed by atoms with Gasteiger partial charge < -0.3 is 4.90 Å². The molecule has 3 aromatic rings. The molecule has 0 aliphatic carbocycles. The highest BCUT2D eigenvalue weighted by molar-refractivity contribution is 14.1. The van der Waals surface area contributed by atoms with Gasteiger partial charge in [0, 0.05) is 19.2 Å². The highest BCUT2D eigenvalue weighted by atomic mass is 127. The first-order valence-electron chi connectivity index (χ1n) is 9.53. The SMILES string of the molecule is Cc1ccccc1-c1nc(I)ccc1C(=O)N(C)Cc1cc(C(F)(F)F)cc(C(F)(F)F)c1. The number of carbonyl (C=O) groups is 1. The Morgan fingerprint density at radius 3 is 2.06 bits per heavy atom. The van der Waals surface area contributed by atoms with Crippen LogP contribution in [0.15, 0.2) is 54.6 Å². The summed E-state index contributed by atoms with van der Waals surface area (Å²) in [5.41, 5.74) is -1.01. The summed E-state index contributed by atoms with van der Waals surface area (Å²) in [5, 5.41) is 0. The summed E-state index contributed by atoms with van der Waals surface area (Å²) in [7, 11) is 1.31. The highest BCUT2D eigenvalue weighted by Crippen LogP contribution is 2.36. The second-order valence-corrected chi connectivity index (χ2v) is 8.53. The number of halogens is 7. The van der Waals surface area contributed by atoms with E-state index in [1.165, 1.54) is 7.05 Å². The number of alkyl halides is 6. The number of aryl methyl sites for hydroxylation is 1. The summed E-state index contributed by atoms with van der Waals surface area (Å²) >= 11 is 1.99. The fourth-order valence-electron chi connectivity index (χ4n) is 3.31. The van der Waals surface area contributed by atoms with Crippen molar-refractivity contribution in [1.82, 2.24) is 9.88 Å². The molecule has 3 nitrogen and oxygen atoms in total. The number of nitrogens with zero attached hydrogens (tertiary/aromatic N) is 2. The molecule has 0 atom stereocenters. The molecule has 0 spiro atoms. The van der Waals surface area contributed by atoms with Crippen LogP contribution in [0.1, 0.15) is 32.6 Å². The summed E-state index contributed by atoms with van der Waals surface area (Å²) in [6, 6.07) is 11.7. The van der Waals surface area contributed by atoms with Gasteiger partial charge in [-0.2, -0.15) is 26.3 Å². The Kier molecular flexibility index (Phi) is 7.06. The minimum Gasteiger partial charge on any atom is -0.337 e. The number of hydrogen-bond donors (Lipinski definition) is 0. The van der Waals surface area contributed by atoms with Crippen molar-refractivity contribution < 1.29 is 31.1 Å². The van der Waals surface area contributed by atoms with Crippen molar-refractivity contribution in [3.63, 3.8) is 0 Å². The van der Waals surface area contributed by atoms with E-state index in [1.807, 2.05) is 41.6 Å². The molecule has 33 heavy (non-hydrogen) atoms. The normalized spacial score (nSPS) is 12.0. The molecule has 0 saturated carbocycles. The maximum absolute atomic E-state index is 13.2. The Morgan fingerprint density at radius 2 is 1.52 bits per heavy atom. The number of carbonyl (C=O) groups excluding carboxylic acids is 1. The first-order valence-corrected chi connectivity index (χ1v) is 10.6. The summed E-state index contributed by atoms with van der Waals surface area (Å²) in [5.74, 6) is -0.580. The number of hydrogen-bond acceptors (Lipinski definition) is 2. The molecule has 0 fully saturated rings. The minimum atomic E-state index is -4.96. The fraction of sp³-hybridized carbons (Fsp3) is 0.217. The van der Waals surface area contributed by atoms with Gasteiger partial charge in [-0.15, -0.1) is 0 Å². The van der Waals surface area contributed by atoms with E-state index < -0.39 is 35.9 Å². The molecule has 0 bridgehead atoms. The highest BCUT2D eigenvalue weighted by Gasteiger charge is 2.37. The predicted molar refractivity (Wildman–Crippen MR) is 119 cm³/mol. The third-order valence-electron chi connectivity index (χ3n) is 4.91. The molecule has 1 aromatic heterocycles. The van der Waals surface area contributed by atoms with E-state index in [9.17, 15) is 31.1 Å². The lowest BCUT2D eigenvalue weighted by Crippen LogP contribution is -2.27. The first kappa shape index (κ1) is 25.0. The summed E-state index contributed by atoms with van der Waals surface area (Å²) in [6.07, 6.45) is -9.92. The Balaban J connectivity index is 1.99. The van der Waals surface area contributed by atoms with Crippen LogP contribution in [-0.2, 0) is 18.9 Å². The molecule has 1 heterocycles. The van der Waals surface area contributed by atoms with Crippen LogP contribution in [0, 0.1) is 10.6 Å². The molecule has 0 aliphatic heterocycles. The lowest BCUT2D eigenvalue weighted by atomic mass is 10.00. The molecule has 1 amide bonds. The lowest BCUT2D eigenvalue weighted by Gasteiger charge is -2.21. The van der Waals surface area contributed by atoms with Crippen LogP contribution in [0.5, 0.6) is 0 Å². The van der Waals surface area contributed by atoms with E-state index in [1.54, 1.807) is 24.3 Å². The average molecular weight is 578 g/mol. The Bertz CT molecular complexity index is 1160. The van der Waals surface area contributed by atoms with Crippen LogP contribution in [0.3, 0.4) is 0 Å². The molecule has 3 rings (SSSR count). The number of rotatable bonds is 4. The molecule has 174 valence electrons. The van der Waals surface area contributed by atoms with Crippen LogP contribution in [-0.4, -0.2) is 22.8 Å². The zero-order chi connectivity index (χ0) is 24.6. The molecular weight excluding hydrogens is 561 g/mol. The third kappa shape index (κ3) is 5.84. The van der Waals surface area contributed by atoms with Gasteiger partial charge in [-0.25, -0.2) is 4.98 Å². The van der Waals surface area contributed by atoms with Crippen molar-refractivity contribution in [3.8, 4) is 11.3 Å². The maximum atomic E-state index is 13.2. The third-order valence-corrected chi connectivity index (χ3v) is 5.51. The van der Waals surface area contributed by atoms with Crippen molar-refractivity contribution in [2.45, 2.75) is 25.8 Å². The second-order valence-electron chi connectivity index (χ2n) is 7.42. The van der Waals surface area contributed by atoms with Gasteiger partial charge in [-0.05, 0) is 71.0 Å². The van der Waals surface area contributed by atoms with Gasteiger partial charge in [0.05, 0.1) is 22.4 Å². The van der Waals surface area contributed by atoms with Crippen molar-refractivity contribution in [2.24, 2.45) is 0 Å². The molecule has 2 aromatic carbocycles. The molecule has 0 N–H and O–H groups in total. The fourth-order valence-corrected chi connectivity index (χ4v) is 3.73. The Hall–Kier alpha value is -2.63. The van der Waals surface area contributed by atoms with E-state index in [4.69, 9.17) is 0 Å². The molecule has 0 aliphatic rings. The number of amides is 1. The van der Waals surface area contributed by atoms with Crippen molar-refractivity contribution in [1.29, 1.82) is 0 Å². The van der Waals surface area contributed by atoms with E-state index in [2.05, 4.69) is 4.98 Å². The van der Waals surface area contributed by atoms with Crippen LogP contribution in [0.2, 0.25) is 0 Å². The van der Waals surface area contributed by atoms with E-state index in [-0.39, 0.29) is 17.2 Å². The number of aromatic nitrogens is 1. The molecule has 0 radical (unpaired) electrons. The van der Waals surface area contributed by atoms with Crippen LogP contribution in [0.25, 0.3) is 11.3 Å². The summed E-state index contributed by atoms with van der Waals surface area (Å²) < 4.78 is 79.6.